The minimum atomic E-state index is 0.262. The molecule has 1 aliphatic rings. The average Bonchev–Trinajstić information content (AvgIpc) is 2.54. The summed E-state index contributed by atoms with van der Waals surface area (Å²) in [5, 5.41) is 0. The van der Waals surface area contributed by atoms with Crippen molar-refractivity contribution in [3.63, 3.8) is 0 Å². The van der Waals surface area contributed by atoms with Gasteiger partial charge in [-0.15, -0.1) is 0 Å². The second-order valence-electron chi connectivity index (χ2n) is 4.63. The van der Waals surface area contributed by atoms with Crippen LogP contribution in [0.2, 0.25) is 0 Å². The molecule has 3 heteroatoms. The van der Waals surface area contributed by atoms with Crippen LogP contribution in [0.5, 0.6) is 0 Å². The van der Waals surface area contributed by atoms with E-state index in [1.807, 2.05) is 0 Å². The first-order valence-electron chi connectivity index (χ1n) is 6.32. The molecule has 3 N–H and O–H groups in total. The Kier molecular flexibility index (Phi) is 6.22. The van der Waals surface area contributed by atoms with Crippen molar-refractivity contribution in [3.05, 3.63) is 0 Å². The van der Waals surface area contributed by atoms with Gasteiger partial charge in [-0.3, -0.25) is 11.3 Å². The zero-order valence-electron chi connectivity index (χ0n) is 10.2. The highest BCUT2D eigenvalue weighted by atomic mass is 16.5. The number of methoxy groups -OCH3 is 1. The largest absolute Gasteiger partial charge is 0.380 e. The summed E-state index contributed by atoms with van der Waals surface area (Å²) in [6.07, 6.45) is 9.37. The molecule has 0 radical (unpaired) electrons. The van der Waals surface area contributed by atoms with E-state index in [-0.39, 0.29) is 6.10 Å². The molecule has 0 spiro atoms. The Morgan fingerprint density at radius 3 is 2.27 bits per heavy atom. The Hall–Kier alpha value is -0.120. The first kappa shape index (κ1) is 12.9. The summed E-state index contributed by atoms with van der Waals surface area (Å²) < 4.78 is 5.50. The standard InChI is InChI=1S/C12H26N2O/c1-3-11(15-2)12(14-13)10-8-6-4-5-7-9-10/h10-12,14H,3-9,13H2,1-2H3. The number of nitrogens with two attached hydrogens (primary N) is 1. The Balaban J connectivity index is 2.53. The molecule has 0 aliphatic heterocycles. The van der Waals surface area contributed by atoms with E-state index >= 15 is 0 Å². The van der Waals surface area contributed by atoms with Crippen LogP contribution in [0.4, 0.5) is 0 Å². The maximum absolute atomic E-state index is 5.68. The van der Waals surface area contributed by atoms with Crippen LogP contribution in [0.3, 0.4) is 0 Å². The molecule has 90 valence electrons. The van der Waals surface area contributed by atoms with Crippen LogP contribution in [-0.4, -0.2) is 19.3 Å². The zero-order chi connectivity index (χ0) is 11.1. The lowest BCUT2D eigenvalue weighted by Gasteiger charge is -2.31. The first-order chi connectivity index (χ1) is 7.33. The number of hydrazine groups is 1. The van der Waals surface area contributed by atoms with Crippen molar-refractivity contribution >= 4 is 0 Å². The van der Waals surface area contributed by atoms with E-state index < -0.39 is 0 Å². The van der Waals surface area contributed by atoms with Crippen LogP contribution in [0.25, 0.3) is 0 Å². The summed E-state index contributed by atoms with van der Waals surface area (Å²) in [7, 11) is 1.79. The van der Waals surface area contributed by atoms with Gasteiger partial charge in [-0.1, -0.05) is 32.6 Å². The highest BCUT2D eigenvalue weighted by molar-refractivity contribution is 4.83. The minimum absolute atomic E-state index is 0.262. The number of hydrogen-bond donors (Lipinski definition) is 2. The van der Waals surface area contributed by atoms with Gasteiger partial charge in [0.1, 0.15) is 0 Å². The van der Waals surface area contributed by atoms with Crippen molar-refractivity contribution < 1.29 is 4.74 Å². The van der Waals surface area contributed by atoms with Crippen LogP contribution < -0.4 is 11.3 Å². The molecule has 0 saturated heterocycles. The molecule has 0 aromatic rings. The summed E-state index contributed by atoms with van der Waals surface area (Å²) >= 11 is 0. The van der Waals surface area contributed by atoms with Crippen molar-refractivity contribution in [1.82, 2.24) is 5.43 Å². The number of nitrogens with one attached hydrogen (secondary N) is 1. The molecular formula is C12H26N2O. The third-order valence-electron chi connectivity index (χ3n) is 3.71. The van der Waals surface area contributed by atoms with Gasteiger partial charge in [-0.05, 0) is 25.2 Å². The summed E-state index contributed by atoms with van der Waals surface area (Å²) in [6.45, 7) is 2.16. The topological polar surface area (TPSA) is 47.3 Å². The molecule has 0 aromatic heterocycles. The number of ether oxygens (including phenoxy) is 1. The molecule has 1 aliphatic carbocycles. The van der Waals surface area contributed by atoms with Crippen LogP contribution in [0.1, 0.15) is 51.9 Å². The fourth-order valence-corrected chi connectivity index (χ4v) is 2.78. The second-order valence-corrected chi connectivity index (χ2v) is 4.63. The van der Waals surface area contributed by atoms with Crippen molar-refractivity contribution in [3.8, 4) is 0 Å². The third kappa shape index (κ3) is 3.74. The lowest BCUT2D eigenvalue weighted by molar-refractivity contribution is 0.0413. The van der Waals surface area contributed by atoms with Gasteiger partial charge >= 0.3 is 0 Å². The lowest BCUT2D eigenvalue weighted by atomic mass is 9.88. The van der Waals surface area contributed by atoms with E-state index in [0.29, 0.717) is 12.0 Å². The molecule has 0 amide bonds. The van der Waals surface area contributed by atoms with Gasteiger partial charge in [-0.2, -0.15) is 0 Å². The van der Waals surface area contributed by atoms with E-state index in [1.165, 1.54) is 38.5 Å². The molecule has 3 nitrogen and oxygen atoms in total. The quantitative estimate of drug-likeness (QED) is 0.419. The monoisotopic (exact) mass is 214 g/mol. The lowest BCUT2D eigenvalue weighted by Crippen LogP contribution is -2.49. The van der Waals surface area contributed by atoms with Gasteiger partial charge in [0.15, 0.2) is 0 Å². The predicted molar refractivity (Wildman–Crippen MR) is 63.4 cm³/mol. The molecule has 15 heavy (non-hydrogen) atoms. The van der Waals surface area contributed by atoms with Gasteiger partial charge < -0.3 is 4.74 Å². The normalized spacial score (nSPS) is 23.4. The molecule has 0 aromatic carbocycles. The average molecular weight is 214 g/mol. The highest BCUT2D eigenvalue weighted by Crippen LogP contribution is 2.27. The van der Waals surface area contributed by atoms with Crippen LogP contribution in [-0.2, 0) is 4.74 Å². The Bertz CT molecular complexity index is 152. The molecule has 1 fully saturated rings. The first-order valence-corrected chi connectivity index (χ1v) is 6.32. The SMILES string of the molecule is CCC(OC)C(NN)C1CCCCCC1. The molecule has 0 heterocycles. The molecule has 2 unspecified atom stereocenters. The van der Waals surface area contributed by atoms with Gasteiger partial charge in [0, 0.05) is 7.11 Å². The van der Waals surface area contributed by atoms with E-state index in [4.69, 9.17) is 10.6 Å². The second kappa shape index (κ2) is 7.20. The highest BCUT2D eigenvalue weighted by Gasteiger charge is 2.27. The summed E-state index contributed by atoms with van der Waals surface area (Å²) in [6, 6.07) is 0.332. The minimum Gasteiger partial charge on any atom is -0.380 e. The maximum Gasteiger partial charge on any atom is 0.0737 e. The molecule has 2 atom stereocenters. The molecule has 0 bridgehead atoms. The van der Waals surface area contributed by atoms with E-state index in [1.54, 1.807) is 7.11 Å². The van der Waals surface area contributed by atoms with Gasteiger partial charge in [0.2, 0.25) is 0 Å². The van der Waals surface area contributed by atoms with E-state index in [0.717, 1.165) is 6.42 Å². The number of hydrogen-bond acceptors (Lipinski definition) is 3. The van der Waals surface area contributed by atoms with Crippen molar-refractivity contribution in [1.29, 1.82) is 0 Å². The van der Waals surface area contributed by atoms with Crippen molar-refractivity contribution in [2.75, 3.05) is 7.11 Å². The molecule has 1 saturated carbocycles. The van der Waals surface area contributed by atoms with E-state index in [9.17, 15) is 0 Å². The van der Waals surface area contributed by atoms with Gasteiger partial charge in [0.05, 0.1) is 12.1 Å². The fourth-order valence-electron chi connectivity index (χ4n) is 2.78. The Morgan fingerprint density at radius 2 is 1.87 bits per heavy atom. The zero-order valence-corrected chi connectivity index (χ0v) is 10.2. The predicted octanol–water partition coefficient (Wildman–Crippen LogP) is 2.21. The summed E-state index contributed by atoms with van der Waals surface area (Å²) in [5.74, 6) is 6.37. The van der Waals surface area contributed by atoms with E-state index in [2.05, 4.69) is 12.3 Å². The van der Waals surface area contributed by atoms with Crippen LogP contribution in [0.15, 0.2) is 0 Å². The smallest absolute Gasteiger partial charge is 0.0737 e. The number of rotatable bonds is 5. The Morgan fingerprint density at radius 1 is 1.27 bits per heavy atom. The summed E-state index contributed by atoms with van der Waals surface area (Å²) in [5.41, 5.74) is 2.98. The maximum atomic E-state index is 5.68. The Labute approximate surface area is 93.7 Å². The van der Waals surface area contributed by atoms with Crippen LogP contribution in [0, 0.1) is 5.92 Å². The van der Waals surface area contributed by atoms with Crippen molar-refractivity contribution in [2.45, 2.75) is 64.0 Å². The summed E-state index contributed by atoms with van der Waals surface area (Å²) in [4.78, 5) is 0. The fraction of sp³-hybridized carbons (Fsp3) is 1.00. The van der Waals surface area contributed by atoms with Crippen LogP contribution >= 0.6 is 0 Å². The molecule has 1 rings (SSSR count). The molecular weight excluding hydrogens is 188 g/mol. The van der Waals surface area contributed by atoms with Crippen molar-refractivity contribution in [2.24, 2.45) is 11.8 Å². The third-order valence-corrected chi connectivity index (χ3v) is 3.71. The van der Waals surface area contributed by atoms with Gasteiger partial charge in [-0.25, -0.2) is 0 Å². The van der Waals surface area contributed by atoms with Gasteiger partial charge in [0.25, 0.3) is 0 Å².